The molecule has 1 N–H and O–H groups in total. The molecule has 0 atom stereocenters. The number of benzene rings is 1. The van der Waals surface area contributed by atoms with E-state index in [4.69, 9.17) is 0 Å². The SMILES string of the molecule is C=CCSCCNc1ccc(S(=O)(=O)CCC)cc1. The molecular formula is C14H21NO2S2. The number of rotatable bonds is 9. The van der Waals surface area contributed by atoms with Crippen LogP contribution in [0.25, 0.3) is 0 Å². The fourth-order valence-electron chi connectivity index (χ4n) is 1.60. The summed E-state index contributed by atoms with van der Waals surface area (Å²) in [6.07, 6.45) is 2.53. The summed E-state index contributed by atoms with van der Waals surface area (Å²) in [5.74, 6) is 2.16. The Balaban J connectivity index is 2.50. The Kier molecular flexibility index (Phi) is 7.02. The molecule has 106 valence electrons. The molecule has 1 rings (SSSR count). The van der Waals surface area contributed by atoms with E-state index in [1.54, 1.807) is 12.1 Å². The van der Waals surface area contributed by atoms with Crippen molar-refractivity contribution in [1.29, 1.82) is 0 Å². The van der Waals surface area contributed by atoms with Crippen molar-refractivity contribution in [3.05, 3.63) is 36.9 Å². The molecular weight excluding hydrogens is 278 g/mol. The first-order valence-corrected chi connectivity index (χ1v) is 9.16. The Morgan fingerprint density at radius 2 is 2.00 bits per heavy atom. The Labute approximate surface area is 120 Å². The van der Waals surface area contributed by atoms with Gasteiger partial charge in [0.2, 0.25) is 0 Å². The molecule has 0 spiro atoms. The number of thioether (sulfide) groups is 1. The van der Waals surface area contributed by atoms with Crippen LogP contribution in [-0.4, -0.2) is 32.2 Å². The van der Waals surface area contributed by atoms with Crippen LogP contribution >= 0.6 is 11.8 Å². The van der Waals surface area contributed by atoms with E-state index in [0.717, 1.165) is 23.7 Å². The van der Waals surface area contributed by atoms with Crippen molar-refractivity contribution in [3.8, 4) is 0 Å². The van der Waals surface area contributed by atoms with Crippen molar-refractivity contribution in [3.63, 3.8) is 0 Å². The van der Waals surface area contributed by atoms with Gasteiger partial charge in [-0.25, -0.2) is 8.42 Å². The van der Waals surface area contributed by atoms with Gasteiger partial charge in [0.05, 0.1) is 10.6 Å². The third-order valence-electron chi connectivity index (χ3n) is 2.50. The van der Waals surface area contributed by atoms with E-state index in [-0.39, 0.29) is 5.75 Å². The summed E-state index contributed by atoms with van der Waals surface area (Å²) in [6, 6.07) is 6.98. The minimum atomic E-state index is -3.10. The number of anilines is 1. The lowest BCUT2D eigenvalue weighted by atomic mass is 10.3. The molecule has 0 aliphatic heterocycles. The maximum absolute atomic E-state index is 11.8. The van der Waals surface area contributed by atoms with E-state index >= 15 is 0 Å². The average Bonchev–Trinajstić information content (AvgIpc) is 2.39. The van der Waals surface area contributed by atoms with Crippen molar-refractivity contribution in [2.45, 2.75) is 18.2 Å². The molecule has 1 aromatic carbocycles. The molecule has 1 aromatic rings. The topological polar surface area (TPSA) is 46.2 Å². The molecule has 0 aliphatic carbocycles. The molecule has 0 saturated heterocycles. The van der Waals surface area contributed by atoms with Gasteiger partial charge in [0.1, 0.15) is 0 Å². The highest BCUT2D eigenvalue weighted by molar-refractivity contribution is 7.99. The van der Waals surface area contributed by atoms with Gasteiger partial charge < -0.3 is 5.32 Å². The third-order valence-corrected chi connectivity index (χ3v) is 5.40. The molecule has 0 amide bonds. The highest BCUT2D eigenvalue weighted by Crippen LogP contribution is 2.16. The van der Waals surface area contributed by atoms with Crippen LogP contribution < -0.4 is 5.32 Å². The zero-order valence-corrected chi connectivity index (χ0v) is 12.9. The maximum Gasteiger partial charge on any atom is 0.178 e. The Morgan fingerprint density at radius 3 is 2.58 bits per heavy atom. The summed E-state index contributed by atoms with van der Waals surface area (Å²) >= 11 is 1.81. The fraction of sp³-hybridized carbons (Fsp3) is 0.429. The van der Waals surface area contributed by atoms with Crippen LogP contribution in [-0.2, 0) is 9.84 Å². The normalized spacial score (nSPS) is 11.2. The van der Waals surface area contributed by atoms with Gasteiger partial charge in [-0.2, -0.15) is 11.8 Å². The molecule has 0 radical (unpaired) electrons. The minimum Gasteiger partial charge on any atom is -0.384 e. The second-order valence-corrected chi connectivity index (χ2v) is 7.39. The van der Waals surface area contributed by atoms with E-state index in [2.05, 4.69) is 11.9 Å². The van der Waals surface area contributed by atoms with Gasteiger partial charge in [-0.15, -0.1) is 6.58 Å². The van der Waals surface area contributed by atoms with Gasteiger partial charge in [0.15, 0.2) is 9.84 Å². The van der Waals surface area contributed by atoms with E-state index in [9.17, 15) is 8.42 Å². The third kappa shape index (κ3) is 5.70. The number of sulfone groups is 1. The summed E-state index contributed by atoms with van der Waals surface area (Å²) in [7, 11) is -3.10. The monoisotopic (exact) mass is 299 g/mol. The fourth-order valence-corrected chi connectivity index (χ4v) is 3.50. The van der Waals surface area contributed by atoms with Crippen LogP contribution in [0.5, 0.6) is 0 Å². The number of nitrogens with one attached hydrogen (secondary N) is 1. The molecule has 0 fully saturated rings. The lowest BCUT2D eigenvalue weighted by Crippen LogP contribution is -2.07. The Bertz CT molecular complexity index is 481. The van der Waals surface area contributed by atoms with E-state index < -0.39 is 9.84 Å². The van der Waals surface area contributed by atoms with Gasteiger partial charge in [-0.05, 0) is 30.7 Å². The van der Waals surface area contributed by atoms with Gasteiger partial charge in [-0.3, -0.25) is 0 Å². The van der Waals surface area contributed by atoms with Crippen LogP contribution in [0, 0.1) is 0 Å². The second kappa shape index (κ2) is 8.27. The minimum absolute atomic E-state index is 0.206. The number of hydrogen-bond donors (Lipinski definition) is 1. The molecule has 0 unspecified atom stereocenters. The molecule has 0 aromatic heterocycles. The van der Waals surface area contributed by atoms with E-state index in [1.807, 2.05) is 36.9 Å². The van der Waals surface area contributed by atoms with Crippen LogP contribution in [0.15, 0.2) is 41.8 Å². The lowest BCUT2D eigenvalue weighted by Gasteiger charge is -2.07. The first kappa shape index (κ1) is 16.1. The molecule has 0 heterocycles. The summed E-state index contributed by atoms with van der Waals surface area (Å²) in [5.41, 5.74) is 0.953. The van der Waals surface area contributed by atoms with Crippen molar-refractivity contribution in [2.75, 3.05) is 29.1 Å². The van der Waals surface area contributed by atoms with Crippen LogP contribution in [0.1, 0.15) is 13.3 Å². The molecule has 5 heteroatoms. The van der Waals surface area contributed by atoms with Gasteiger partial charge in [0.25, 0.3) is 0 Å². The van der Waals surface area contributed by atoms with Crippen LogP contribution in [0.4, 0.5) is 5.69 Å². The van der Waals surface area contributed by atoms with Crippen LogP contribution in [0.2, 0.25) is 0 Å². The Morgan fingerprint density at radius 1 is 1.32 bits per heavy atom. The Hall–Kier alpha value is -0.940. The van der Waals surface area contributed by atoms with E-state index in [1.165, 1.54) is 0 Å². The first-order valence-electron chi connectivity index (χ1n) is 6.35. The first-order chi connectivity index (χ1) is 9.10. The van der Waals surface area contributed by atoms with Crippen molar-refractivity contribution >= 4 is 27.3 Å². The largest absolute Gasteiger partial charge is 0.384 e. The molecule has 0 saturated carbocycles. The molecule has 0 aliphatic rings. The smallest absolute Gasteiger partial charge is 0.178 e. The lowest BCUT2D eigenvalue weighted by molar-refractivity contribution is 0.595. The summed E-state index contributed by atoms with van der Waals surface area (Å²) in [4.78, 5) is 0.404. The highest BCUT2D eigenvalue weighted by Gasteiger charge is 2.12. The zero-order chi connectivity index (χ0) is 14.1. The van der Waals surface area contributed by atoms with Gasteiger partial charge >= 0.3 is 0 Å². The van der Waals surface area contributed by atoms with Crippen LogP contribution in [0.3, 0.4) is 0 Å². The summed E-state index contributed by atoms with van der Waals surface area (Å²) in [6.45, 7) is 6.40. The van der Waals surface area contributed by atoms with Gasteiger partial charge in [-0.1, -0.05) is 13.0 Å². The predicted molar refractivity (Wildman–Crippen MR) is 84.8 cm³/mol. The maximum atomic E-state index is 11.8. The highest BCUT2D eigenvalue weighted by atomic mass is 32.2. The predicted octanol–water partition coefficient (Wildman–Crippen LogP) is 3.20. The molecule has 0 bridgehead atoms. The van der Waals surface area contributed by atoms with Crippen molar-refractivity contribution in [2.24, 2.45) is 0 Å². The second-order valence-electron chi connectivity index (χ2n) is 4.13. The average molecular weight is 299 g/mol. The summed E-state index contributed by atoms with van der Waals surface area (Å²) < 4.78 is 23.7. The molecule has 19 heavy (non-hydrogen) atoms. The summed E-state index contributed by atoms with van der Waals surface area (Å²) in [5, 5.41) is 3.26. The quantitative estimate of drug-likeness (QED) is 0.562. The van der Waals surface area contributed by atoms with E-state index in [0.29, 0.717) is 11.3 Å². The van der Waals surface area contributed by atoms with Crippen molar-refractivity contribution in [1.82, 2.24) is 0 Å². The zero-order valence-electron chi connectivity index (χ0n) is 11.3. The van der Waals surface area contributed by atoms with Crippen molar-refractivity contribution < 1.29 is 8.42 Å². The number of hydrogen-bond acceptors (Lipinski definition) is 4. The standard InChI is InChI=1S/C14H21NO2S2/c1-3-10-18-11-9-15-13-5-7-14(8-6-13)19(16,17)12-4-2/h3,5-8,15H,1,4,9-12H2,2H3. The molecule has 3 nitrogen and oxygen atoms in total. The van der Waals surface area contributed by atoms with Gasteiger partial charge in [0, 0.05) is 23.7 Å².